The summed E-state index contributed by atoms with van der Waals surface area (Å²) < 4.78 is 0. The zero-order valence-electron chi connectivity index (χ0n) is 12.8. The number of fused-ring (bicyclic) bond motifs is 1. The molecule has 102 valence electrons. The van der Waals surface area contributed by atoms with Gasteiger partial charge in [0.05, 0.1) is 0 Å². The molecule has 0 bridgehead atoms. The second-order valence-electron chi connectivity index (χ2n) is 6.23. The summed E-state index contributed by atoms with van der Waals surface area (Å²) in [5.41, 5.74) is 10.1. The molecule has 3 rings (SSSR count). The molecule has 0 unspecified atom stereocenters. The fourth-order valence-electron chi connectivity index (χ4n) is 3.41. The van der Waals surface area contributed by atoms with Crippen LogP contribution in [0.5, 0.6) is 0 Å². The molecule has 1 aliphatic carbocycles. The maximum absolute atomic E-state index is 2.31. The molecule has 0 aromatic heterocycles. The van der Waals surface area contributed by atoms with Crippen molar-refractivity contribution in [1.82, 2.24) is 0 Å². The van der Waals surface area contributed by atoms with E-state index in [1.165, 1.54) is 33.4 Å². The van der Waals surface area contributed by atoms with Crippen LogP contribution in [-0.4, -0.2) is 0 Å². The first-order valence-corrected chi connectivity index (χ1v) is 7.47. The van der Waals surface area contributed by atoms with E-state index in [0.717, 1.165) is 6.42 Å². The number of rotatable bonds is 2. The van der Waals surface area contributed by atoms with Gasteiger partial charge in [-0.1, -0.05) is 67.4 Å². The Morgan fingerprint density at radius 1 is 0.900 bits per heavy atom. The zero-order chi connectivity index (χ0) is 14.3. The molecule has 0 amide bonds. The van der Waals surface area contributed by atoms with Crippen molar-refractivity contribution in [3.05, 3.63) is 64.7 Å². The average molecular weight is 262 g/mol. The molecular weight excluding hydrogens is 240 g/mol. The first-order chi connectivity index (χ1) is 9.58. The molecule has 0 saturated heterocycles. The Balaban J connectivity index is 2.21. The molecule has 0 spiro atoms. The van der Waals surface area contributed by atoms with E-state index in [1.807, 2.05) is 0 Å². The van der Waals surface area contributed by atoms with Crippen LogP contribution < -0.4 is 0 Å². The van der Waals surface area contributed by atoms with Gasteiger partial charge in [-0.05, 0) is 54.0 Å². The van der Waals surface area contributed by atoms with E-state index in [1.54, 1.807) is 5.57 Å². The van der Waals surface area contributed by atoms with Crippen LogP contribution >= 0.6 is 0 Å². The van der Waals surface area contributed by atoms with Crippen LogP contribution in [0.15, 0.2) is 48.0 Å². The summed E-state index contributed by atoms with van der Waals surface area (Å²) in [5, 5.41) is 0. The minimum absolute atomic E-state index is 0.586. The van der Waals surface area contributed by atoms with Crippen LogP contribution in [-0.2, 0) is 6.42 Å². The molecular formula is C20H22. The highest BCUT2D eigenvalue weighted by atomic mass is 14.3. The standard InChI is InChI=1S/C20H22/c1-13(2)19-15(4)12-17-6-5-7-18(20(17)19)16-10-8-14(3)9-11-16/h5-11,13H,12H2,1-4H3. The van der Waals surface area contributed by atoms with E-state index in [2.05, 4.69) is 70.2 Å². The number of hydrogen-bond donors (Lipinski definition) is 0. The molecule has 0 saturated carbocycles. The Morgan fingerprint density at radius 3 is 2.25 bits per heavy atom. The lowest BCUT2D eigenvalue weighted by Crippen LogP contribution is -1.96. The smallest absolute Gasteiger partial charge is 0.00575 e. The molecule has 0 heterocycles. The SMILES string of the molecule is CC1=C(C(C)C)c2c(cccc2-c2ccc(C)cc2)C1. The van der Waals surface area contributed by atoms with Gasteiger partial charge in [0, 0.05) is 0 Å². The summed E-state index contributed by atoms with van der Waals surface area (Å²) in [4.78, 5) is 0. The molecule has 2 aromatic carbocycles. The second-order valence-corrected chi connectivity index (χ2v) is 6.23. The van der Waals surface area contributed by atoms with Gasteiger partial charge in [0.1, 0.15) is 0 Å². The van der Waals surface area contributed by atoms with Gasteiger partial charge < -0.3 is 0 Å². The van der Waals surface area contributed by atoms with E-state index >= 15 is 0 Å². The summed E-state index contributed by atoms with van der Waals surface area (Å²) >= 11 is 0. The summed E-state index contributed by atoms with van der Waals surface area (Å²) in [5.74, 6) is 0.586. The first-order valence-electron chi connectivity index (χ1n) is 7.47. The molecule has 0 fully saturated rings. The van der Waals surface area contributed by atoms with Crippen LogP contribution in [0.25, 0.3) is 16.7 Å². The summed E-state index contributed by atoms with van der Waals surface area (Å²) in [7, 11) is 0. The molecule has 0 nitrogen and oxygen atoms in total. The summed E-state index contributed by atoms with van der Waals surface area (Å²) in [6, 6.07) is 15.7. The lowest BCUT2D eigenvalue weighted by atomic mass is 9.88. The van der Waals surface area contributed by atoms with Crippen molar-refractivity contribution >= 4 is 5.57 Å². The average Bonchev–Trinajstić information content (AvgIpc) is 2.75. The Labute approximate surface area is 122 Å². The number of hydrogen-bond acceptors (Lipinski definition) is 0. The van der Waals surface area contributed by atoms with Crippen LogP contribution in [0.4, 0.5) is 0 Å². The van der Waals surface area contributed by atoms with Crippen molar-refractivity contribution in [2.75, 3.05) is 0 Å². The minimum Gasteiger partial charge on any atom is -0.0648 e. The maximum Gasteiger partial charge on any atom is -0.00575 e. The number of benzene rings is 2. The van der Waals surface area contributed by atoms with Crippen LogP contribution in [0.2, 0.25) is 0 Å². The highest BCUT2D eigenvalue weighted by Crippen LogP contribution is 2.42. The monoisotopic (exact) mass is 262 g/mol. The molecule has 0 radical (unpaired) electrons. The van der Waals surface area contributed by atoms with Crippen LogP contribution in [0.1, 0.15) is 37.5 Å². The Morgan fingerprint density at radius 2 is 1.60 bits per heavy atom. The summed E-state index contributed by atoms with van der Waals surface area (Å²) in [6.45, 7) is 9.04. The fraction of sp³-hybridized carbons (Fsp3) is 0.300. The van der Waals surface area contributed by atoms with E-state index in [0.29, 0.717) is 5.92 Å². The zero-order valence-corrected chi connectivity index (χ0v) is 12.8. The maximum atomic E-state index is 2.31. The van der Waals surface area contributed by atoms with Crippen molar-refractivity contribution in [3.8, 4) is 11.1 Å². The lowest BCUT2D eigenvalue weighted by Gasteiger charge is -2.16. The van der Waals surface area contributed by atoms with Gasteiger partial charge in [0.25, 0.3) is 0 Å². The summed E-state index contributed by atoms with van der Waals surface area (Å²) in [6.07, 6.45) is 1.11. The van der Waals surface area contributed by atoms with E-state index in [4.69, 9.17) is 0 Å². The molecule has 0 N–H and O–H groups in total. The van der Waals surface area contributed by atoms with Crippen molar-refractivity contribution in [1.29, 1.82) is 0 Å². The van der Waals surface area contributed by atoms with Gasteiger partial charge in [0.15, 0.2) is 0 Å². The predicted octanol–water partition coefficient (Wildman–Crippen LogP) is 5.65. The minimum atomic E-state index is 0.586. The van der Waals surface area contributed by atoms with Crippen molar-refractivity contribution in [2.24, 2.45) is 5.92 Å². The van der Waals surface area contributed by atoms with Gasteiger partial charge in [-0.25, -0.2) is 0 Å². The highest BCUT2D eigenvalue weighted by molar-refractivity contribution is 5.88. The van der Waals surface area contributed by atoms with Gasteiger partial charge in [0.2, 0.25) is 0 Å². The Kier molecular flexibility index (Phi) is 3.25. The quantitative estimate of drug-likeness (QED) is 0.656. The third-order valence-corrected chi connectivity index (χ3v) is 4.28. The molecule has 1 aliphatic rings. The van der Waals surface area contributed by atoms with Crippen LogP contribution in [0, 0.1) is 12.8 Å². The van der Waals surface area contributed by atoms with Crippen LogP contribution in [0.3, 0.4) is 0 Å². The molecule has 0 aliphatic heterocycles. The van der Waals surface area contributed by atoms with Gasteiger partial charge >= 0.3 is 0 Å². The molecule has 0 atom stereocenters. The van der Waals surface area contributed by atoms with E-state index in [-0.39, 0.29) is 0 Å². The highest BCUT2D eigenvalue weighted by Gasteiger charge is 2.24. The van der Waals surface area contributed by atoms with Gasteiger partial charge in [-0.3, -0.25) is 0 Å². The normalized spacial score (nSPS) is 14.1. The molecule has 20 heavy (non-hydrogen) atoms. The largest absolute Gasteiger partial charge is 0.0648 e. The number of allylic oxidation sites excluding steroid dienone is 2. The van der Waals surface area contributed by atoms with Gasteiger partial charge in [-0.2, -0.15) is 0 Å². The number of aryl methyl sites for hydroxylation is 1. The molecule has 0 heteroatoms. The lowest BCUT2D eigenvalue weighted by molar-refractivity contribution is 0.851. The van der Waals surface area contributed by atoms with E-state index in [9.17, 15) is 0 Å². The van der Waals surface area contributed by atoms with Crippen molar-refractivity contribution < 1.29 is 0 Å². The first kappa shape index (κ1) is 13.2. The Bertz CT molecular complexity index is 670. The molecule has 2 aromatic rings. The van der Waals surface area contributed by atoms with Crippen molar-refractivity contribution in [3.63, 3.8) is 0 Å². The van der Waals surface area contributed by atoms with Crippen molar-refractivity contribution in [2.45, 2.75) is 34.1 Å². The Hall–Kier alpha value is -1.82. The van der Waals surface area contributed by atoms with E-state index < -0.39 is 0 Å². The third-order valence-electron chi connectivity index (χ3n) is 4.28. The fourth-order valence-corrected chi connectivity index (χ4v) is 3.41. The third kappa shape index (κ3) is 2.10. The predicted molar refractivity (Wildman–Crippen MR) is 87.8 cm³/mol. The topological polar surface area (TPSA) is 0 Å². The second kappa shape index (κ2) is 4.94. The van der Waals surface area contributed by atoms with Gasteiger partial charge in [-0.15, -0.1) is 0 Å².